The van der Waals surface area contributed by atoms with Crippen molar-refractivity contribution >= 4 is 34.5 Å². The van der Waals surface area contributed by atoms with Crippen LogP contribution in [0.3, 0.4) is 0 Å². The minimum atomic E-state index is -0.913. The van der Waals surface area contributed by atoms with Crippen LogP contribution < -0.4 is 10.6 Å². The molecule has 0 saturated heterocycles. The molecular weight excluding hydrogens is 370 g/mol. The molecule has 2 N–H and O–H groups in total. The molecule has 0 spiro atoms. The van der Waals surface area contributed by atoms with Crippen molar-refractivity contribution < 1.29 is 18.9 Å². The van der Waals surface area contributed by atoms with Crippen molar-refractivity contribution in [3.63, 3.8) is 0 Å². The molecule has 2 heterocycles. The fourth-order valence-corrected chi connectivity index (χ4v) is 3.00. The van der Waals surface area contributed by atoms with Crippen LogP contribution in [0.25, 0.3) is 10.6 Å². The van der Waals surface area contributed by atoms with Crippen molar-refractivity contribution in [1.82, 2.24) is 5.32 Å². The lowest BCUT2D eigenvalue weighted by molar-refractivity contribution is -0.384. The third-order valence-electron chi connectivity index (χ3n) is 3.74. The Kier molecular flexibility index (Phi) is 5.32. The van der Waals surface area contributed by atoms with E-state index in [4.69, 9.17) is 4.42 Å². The van der Waals surface area contributed by atoms with E-state index in [1.807, 2.05) is 17.5 Å². The van der Waals surface area contributed by atoms with E-state index in [0.717, 1.165) is 4.88 Å². The van der Waals surface area contributed by atoms with Crippen LogP contribution in [-0.2, 0) is 16.1 Å². The minimum Gasteiger partial charge on any atom is -0.458 e. The predicted molar refractivity (Wildman–Crippen MR) is 100 cm³/mol. The summed E-state index contributed by atoms with van der Waals surface area (Å²) in [4.78, 5) is 35.3. The Balaban J connectivity index is 1.59. The SMILES string of the molecule is Cc1ccc([N+](=O)[O-])cc1NC(=O)C(=O)NCc1ccc(-c2cccs2)o1. The van der Waals surface area contributed by atoms with Crippen molar-refractivity contribution in [3.8, 4) is 10.6 Å². The summed E-state index contributed by atoms with van der Waals surface area (Å²) in [5.41, 5.74) is 0.642. The zero-order valence-electron chi connectivity index (χ0n) is 14.2. The standard InChI is InChI=1S/C18H15N3O5S/c1-11-4-5-12(21(24)25)9-14(11)20-18(23)17(22)19-10-13-6-7-15(26-13)16-3-2-8-27-16/h2-9H,10H2,1H3,(H,19,22)(H,20,23). The minimum absolute atomic E-state index is 0.0472. The number of aryl methyl sites for hydroxylation is 1. The second-order valence-electron chi connectivity index (χ2n) is 5.64. The van der Waals surface area contributed by atoms with Gasteiger partial charge >= 0.3 is 11.8 Å². The number of benzene rings is 1. The Labute approximate surface area is 158 Å². The smallest absolute Gasteiger partial charge is 0.313 e. The molecule has 1 aromatic carbocycles. The molecule has 138 valence electrons. The summed E-state index contributed by atoms with van der Waals surface area (Å²) < 4.78 is 5.63. The van der Waals surface area contributed by atoms with E-state index in [0.29, 0.717) is 17.1 Å². The lowest BCUT2D eigenvalue weighted by Gasteiger charge is -2.08. The van der Waals surface area contributed by atoms with Gasteiger partial charge in [-0.15, -0.1) is 11.3 Å². The molecule has 0 saturated carbocycles. The summed E-state index contributed by atoms with van der Waals surface area (Å²) in [6.07, 6.45) is 0. The summed E-state index contributed by atoms with van der Waals surface area (Å²) in [5.74, 6) is -0.587. The van der Waals surface area contributed by atoms with Crippen LogP contribution in [0.5, 0.6) is 0 Å². The number of amides is 2. The van der Waals surface area contributed by atoms with Gasteiger partial charge in [0.15, 0.2) is 0 Å². The molecule has 0 fully saturated rings. The van der Waals surface area contributed by atoms with Crippen molar-refractivity contribution in [2.45, 2.75) is 13.5 Å². The second-order valence-corrected chi connectivity index (χ2v) is 6.58. The van der Waals surface area contributed by atoms with Gasteiger partial charge in [-0.3, -0.25) is 19.7 Å². The zero-order valence-corrected chi connectivity index (χ0v) is 15.0. The van der Waals surface area contributed by atoms with E-state index in [9.17, 15) is 19.7 Å². The fourth-order valence-electron chi connectivity index (χ4n) is 2.31. The first-order valence-corrected chi connectivity index (χ1v) is 8.79. The van der Waals surface area contributed by atoms with Crippen LogP contribution >= 0.6 is 11.3 Å². The van der Waals surface area contributed by atoms with Gasteiger partial charge in [-0.05, 0) is 36.1 Å². The average molecular weight is 385 g/mol. The first-order valence-electron chi connectivity index (χ1n) is 7.91. The Morgan fingerprint density at radius 3 is 2.70 bits per heavy atom. The topological polar surface area (TPSA) is 114 Å². The third kappa shape index (κ3) is 4.39. The van der Waals surface area contributed by atoms with Crippen molar-refractivity contribution in [3.05, 3.63) is 69.3 Å². The average Bonchev–Trinajstić information content (AvgIpc) is 3.32. The summed E-state index contributed by atoms with van der Waals surface area (Å²) >= 11 is 1.53. The van der Waals surface area contributed by atoms with Crippen molar-refractivity contribution in [2.75, 3.05) is 5.32 Å². The molecule has 8 nitrogen and oxygen atoms in total. The summed E-state index contributed by atoms with van der Waals surface area (Å²) in [5, 5.41) is 17.6. The van der Waals surface area contributed by atoms with Gasteiger partial charge in [0.2, 0.25) is 0 Å². The van der Waals surface area contributed by atoms with Gasteiger partial charge in [0, 0.05) is 12.1 Å². The molecular formula is C18H15N3O5S. The monoisotopic (exact) mass is 385 g/mol. The number of furan rings is 1. The van der Waals surface area contributed by atoms with Crippen LogP contribution in [0, 0.1) is 17.0 Å². The number of nitro groups is 1. The van der Waals surface area contributed by atoms with E-state index < -0.39 is 16.7 Å². The van der Waals surface area contributed by atoms with Crippen LogP contribution in [0.4, 0.5) is 11.4 Å². The molecule has 2 aromatic heterocycles. The number of nitro benzene ring substituents is 1. The van der Waals surface area contributed by atoms with E-state index in [1.165, 1.54) is 29.5 Å². The summed E-state index contributed by atoms with van der Waals surface area (Å²) in [6.45, 7) is 1.72. The Bertz CT molecular complexity index is 994. The molecule has 0 unspecified atom stereocenters. The summed E-state index contributed by atoms with van der Waals surface area (Å²) in [7, 11) is 0. The number of nitrogens with one attached hydrogen (secondary N) is 2. The maximum atomic E-state index is 12.0. The van der Waals surface area contributed by atoms with Gasteiger partial charge in [-0.2, -0.15) is 0 Å². The first kappa shape index (κ1) is 18.3. The lowest BCUT2D eigenvalue weighted by atomic mass is 10.2. The number of nitrogens with zero attached hydrogens (tertiary/aromatic N) is 1. The van der Waals surface area contributed by atoms with Crippen molar-refractivity contribution in [1.29, 1.82) is 0 Å². The number of anilines is 1. The Hall–Kier alpha value is -3.46. The van der Waals surface area contributed by atoms with Crippen LogP contribution in [0.2, 0.25) is 0 Å². The molecule has 3 rings (SSSR count). The maximum Gasteiger partial charge on any atom is 0.313 e. The van der Waals surface area contributed by atoms with Crippen LogP contribution in [0.1, 0.15) is 11.3 Å². The van der Waals surface area contributed by atoms with Gasteiger partial charge < -0.3 is 15.1 Å². The molecule has 0 aliphatic carbocycles. The normalized spacial score (nSPS) is 10.4. The highest BCUT2D eigenvalue weighted by Gasteiger charge is 2.17. The van der Waals surface area contributed by atoms with Crippen molar-refractivity contribution in [2.24, 2.45) is 0 Å². The number of hydrogen-bond acceptors (Lipinski definition) is 6. The van der Waals surface area contributed by atoms with E-state index in [-0.39, 0.29) is 17.9 Å². The zero-order chi connectivity index (χ0) is 19.4. The molecule has 0 aliphatic rings. The van der Waals surface area contributed by atoms with Gasteiger partial charge in [0.05, 0.1) is 22.0 Å². The number of thiophene rings is 1. The molecule has 9 heteroatoms. The molecule has 0 bridgehead atoms. The van der Waals surface area contributed by atoms with E-state index in [2.05, 4.69) is 10.6 Å². The van der Waals surface area contributed by atoms with Crippen LogP contribution in [0.15, 0.2) is 52.3 Å². The number of carbonyl (C=O) groups is 2. The molecule has 3 aromatic rings. The number of carbonyl (C=O) groups excluding carboxylic acids is 2. The molecule has 27 heavy (non-hydrogen) atoms. The number of non-ortho nitro benzene ring substituents is 1. The van der Waals surface area contributed by atoms with Gasteiger partial charge in [0.25, 0.3) is 5.69 Å². The van der Waals surface area contributed by atoms with Gasteiger partial charge in [-0.25, -0.2) is 0 Å². The predicted octanol–water partition coefficient (Wildman–Crippen LogP) is 3.48. The first-order chi connectivity index (χ1) is 12.9. The Morgan fingerprint density at radius 2 is 2.00 bits per heavy atom. The largest absolute Gasteiger partial charge is 0.458 e. The van der Waals surface area contributed by atoms with E-state index in [1.54, 1.807) is 19.1 Å². The second kappa shape index (κ2) is 7.83. The molecule has 2 amide bonds. The lowest BCUT2D eigenvalue weighted by Crippen LogP contribution is -2.35. The molecule has 0 aliphatic heterocycles. The fraction of sp³-hybridized carbons (Fsp3) is 0.111. The Morgan fingerprint density at radius 1 is 1.19 bits per heavy atom. The van der Waals surface area contributed by atoms with Gasteiger partial charge in [-0.1, -0.05) is 12.1 Å². The van der Waals surface area contributed by atoms with Crippen LogP contribution in [-0.4, -0.2) is 16.7 Å². The highest BCUT2D eigenvalue weighted by molar-refractivity contribution is 7.13. The highest BCUT2D eigenvalue weighted by atomic mass is 32.1. The van der Waals surface area contributed by atoms with E-state index >= 15 is 0 Å². The number of rotatable bonds is 5. The quantitative estimate of drug-likeness (QED) is 0.396. The maximum absolute atomic E-state index is 12.0. The highest BCUT2D eigenvalue weighted by Crippen LogP contribution is 2.26. The third-order valence-corrected chi connectivity index (χ3v) is 4.62. The van der Waals surface area contributed by atoms with Gasteiger partial charge in [0.1, 0.15) is 11.5 Å². The number of hydrogen-bond donors (Lipinski definition) is 2. The molecule has 0 radical (unpaired) electrons. The molecule has 0 atom stereocenters. The summed E-state index contributed by atoms with van der Waals surface area (Å²) in [6, 6.07) is 11.4.